The summed E-state index contributed by atoms with van der Waals surface area (Å²) in [5.41, 5.74) is -0.346. The van der Waals surface area contributed by atoms with Gasteiger partial charge in [0.1, 0.15) is 5.82 Å². The summed E-state index contributed by atoms with van der Waals surface area (Å²) in [6, 6.07) is -1.09. The fourth-order valence-corrected chi connectivity index (χ4v) is 1.66. The third kappa shape index (κ3) is 4.14. The number of urea groups is 1. The Morgan fingerprint density at radius 3 is 2.47 bits per heavy atom. The second kappa shape index (κ2) is 6.43. The summed E-state index contributed by atoms with van der Waals surface area (Å²) in [5.74, 6) is -3.32. The molecule has 0 spiro atoms. The van der Waals surface area contributed by atoms with Gasteiger partial charge in [0.05, 0.1) is 12.3 Å². The number of anilines is 1. The molecule has 0 saturated heterocycles. The van der Waals surface area contributed by atoms with Crippen LogP contribution in [0.1, 0.15) is 0 Å². The first-order chi connectivity index (χ1) is 8.85. The van der Waals surface area contributed by atoms with Crippen LogP contribution >= 0.6 is 15.9 Å². The van der Waals surface area contributed by atoms with Crippen LogP contribution in [0.3, 0.4) is 0 Å². The molecule has 1 aromatic carbocycles. The van der Waals surface area contributed by atoms with Gasteiger partial charge < -0.3 is 20.8 Å². The molecule has 4 N–H and O–H groups in total. The van der Waals surface area contributed by atoms with Gasteiger partial charge in [0.25, 0.3) is 0 Å². The van der Waals surface area contributed by atoms with Crippen molar-refractivity contribution in [3.8, 4) is 0 Å². The summed E-state index contributed by atoms with van der Waals surface area (Å²) < 4.78 is 26.1. The molecule has 0 aliphatic carbocycles. The van der Waals surface area contributed by atoms with Gasteiger partial charge in [-0.15, -0.1) is 0 Å². The average molecular weight is 339 g/mol. The molecule has 0 radical (unpaired) electrons. The van der Waals surface area contributed by atoms with E-state index >= 15 is 0 Å². The van der Waals surface area contributed by atoms with Crippen LogP contribution in [-0.2, 0) is 4.79 Å². The van der Waals surface area contributed by atoms with Crippen LogP contribution in [0.25, 0.3) is 0 Å². The lowest BCUT2D eigenvalue weighted by Crippen LogP contribution is -2.45. The van der Waals surface area contributed by atoms with E-state index in [-0.39, 0.29) is 10.2 Å². The van der Waals surface area contributed by atoms with Gasteiger partial charge >= 0.3 is 12.0 Å². The summed E-state index contributed by atoms with van der Waals surface area (Å²) >= 11 is 2.85. The minimum atomic E-state index is -1.53. The van der Waals surface area contributed by atoms with Gasteiger partial charge in [-0.2, -0.15) is 0 Å². The number of carbonyl (C=O) groups excluding carboxylic acids is 1. The monoisotopic (exact) mass is 338 g/mol. The highest BCUT2D eigenvalue weighted by Crippen LogP contribution is 2.26. The SMILES string of the molecule is O=C(Nc1c(F)cc(F)cc1Br)N[C@H](CO)C(=O)O. The van der Waals surface area contributed by atoms with E-state index in [1.807, 2.05) is 10.6 Å². The number of nitrogens with one attached hydrogen (secondary N) is 2. The van der Waals surface area contributed by atoms with E-state index in [4.69, 9.17) is 10.2 Å². The summed E-state index contributed by atoms with van der Waals surface area (Å²) in [4.78, 5) is 22.0. The fourth-order valence-electron chi connectivity index (χ4n) is 1.15. The number of rotatable bonds is 4. The smallest absolute Gasteiger partial charge is 0.328 e. The highest BCUT2D eigenvalue weighted by atomic mass is 79.9. The van der Waals surface area contributed by atoms with Crippen LogP contribution < -0.4 is 10.6 Å². The number of benzene rings is 1. The van der Waals surface area contributed by atoms with Crippen molar-refractivity contribution in [3.63, 3.8) is 0 Å². The topological polar surface area (TPSA) is 98.7 Å². The lowest BCUT2D eigenvalue weighted by molar-refractivity contribution is -0.140. The number of hydrogen-bond donors (Lipinski definition) is 4. The number of hydrogen-bond acceptors (Lipinski definition) is 3. The third-order valence-electron chi connectivity index (χ3n) is 2.03. The molecule has 0 aromatic heterocycles. The highest BCUT2D eigenvalue weighted by Gasteiger charge is 2.20. The van der Waals surface area contributed by atoms with E-state index in [1.165, 1.54) is 0 Å². The Balaban J connectivity index is 2.80. The average Bonchev–Trinajstić information content (AvgIpc) is 2.30. The molecular weight excluding hydrogens is 330 g/mol. The van der Waals surface area contributed by atoms with Crippen LogP contribution in [-0.4, -0.2) is 34.9 Å². The number of carboxylic acids is 1. The number of carboxylic acid groups (broad SMARTS) is 1. The number of aliphatic hydroxyl groups is 1. The molecule has 0 aliphatic rings. The van der Waals surface area contributed by atoms with Crippen LogP contribution in [0.4, 0.5) is 19.3 Å². The van der Waals surface area contributed by atoms with Crippen molar-refractivity contribution in [1.82, 2.24) is 5.32 Å². The van der Waals surface area contributed by atoms with Crippen molar-refractivity contribution in [3.05, 3.63) is 28.2 Å². The molecule has 0 bridgehead atoms. The molecule has 1 atom stereocenters. The van der Waals surface area contributed by atoms with Crippen molar-refractivity contribution in [1.29, 1.82) is 0 Å². The molecule has 0 aliphatic heterocycles. The first kappa shape index (κ1) is 15.3. The summed E-state index contributed by atoms with van der Waals surface area (Å²) in [6.07, 6.45) is 0. The molecule has 104 valence electrons. The van der Waals surface area contributed by atoms with Crippen molar-refractivity contribution in [2.75, 3.05) is 11.9 Å². The van der Waals surface area contributed by atoms with Gasteiger partial charge in [-0.05, 0) is 22.0 Å². The summed E-state index contributed by atoms with van der Waals surface area (Å²) in [6.45, 7) is -0.824. The molecule has 0 heterocycles. The molecule has 6 nitrogen and oxygen atoms in total. The number of carbonyl (C=O) groups is 2. The highest BCUT2D eigenvalue weighted by molar-refractivity contribution is 9.10. The Morgan fingerprint density at radius 1 is 1.37 bits per heavy atom. The van der Waals surface area contributed by atoms with Crippen molar-refractivity contribution < 1.29 is 28.6 Å². The minimum Gasteiger partial charge on any atom is -0.480 e. The zero-order chi connectivity index (χ0) is 14.6. The van der Waals surface area contributed by atoms with Crippen molar-refractivity contribution in [2.24, 2.45) is 0 Å². The third-order valence-corrected chi connectivity index (χ3v) is 2.66. The summed E-state index contributed by atoms with van der Waals surface area (Å²) in [7, 11) is 0. The second-order valence-electron chi connectivity index (χ2n) is 3.42. The minimum absolute atomic E-state index is 0.0453. The van der Waals surface area contributed by atoms with Gasteiger partial charge in [0.2, 0.25) is 0 Å². The van der Waals surface area contributed by atoms with Gasteiger partial charge in [0, 0.05) is 10.5 Å². The first-order valence-corrected chi connectivity index (χ1v) is 5.70. The van der Waals surface area contributed by atoms with Gasteiger partial charge in [0.15, 0.2) is 11.9 Å². The molecule has 0 unspecified atom stereocenters. The lowest BCUT2D eigenvalue weighted by Gasteiger charge is -2.13. The van der Waals surface area contributed by atoms with E-state index < -0.39 is 36.3 Å². The molecule has 2 amide bonds. The maximum Gasteiger partial charge on any atom is 0.328 e. The fraction of sp³-hybridized carbons (Fsp3) is 0.200. The van der Waals surface area contributed by atoms with E-state index in [9.17, 15) is 18.4 Å². The van der Waals surface area contributed by atoms with Crippen molar-refractivity contribution >= 4 is 33.6 Å². The Labute approximate surface area is 114 Å². The van der Waals surface area contributed by atoms with Crippen LogP contribution in [0, 0.1) is 11.6 Å². The predicted octanol–water partition coefficient (Wildman–Crippen LogP) is 1.29. The Hall–Kier alpha value is -1.74. The lowest BCUT2D eigenvalue weighted by atomic mass is 10.3. The first-order valence-electron chi connectivity index (χ1n) is 4.91. The quantitative estimate of drug-likeness (QED) is 0.664. The predicted molar refractivity (Wildman–Crippen MR) is 64.7 cm³/mol. The summed E-state index contributed by atoms with van der Waals surface area (Å²) in [5, 5.41) is 21.2. The molecule has 19 heavy (non-hydrogen) atoms. The van der Waals surface area contributed by atoms with Crippen molar-refractivity contribution in [2.45, 2.75) is 6.04 Å². The van der Waals surface area contributed by atoms with E-state index in [0.717, 1.165) is 6.07 Å². The normalized spacial score (nSPS) is 11.8. The van der Waals surface area contributed by atoms with Gasteiger partial charge in [-0.1, -0.05) is 0 Å². The molecule has 1 aromatic rings. The Bertz CT molecular complexity index is 489. The second-order valence-corrected chi connectivity index (χ2v) is 4.27. The standard InChI is InChI=1S/C10H9BrF2N2O4/c11-5-1-4(12)2-6(13)8(5)15-10(19)14-7(3-16)9(17)18/h1-2,7,16H,3H2,(H,17,18)(H2,14,15,19)/t7-/m1/s1. The van der Waals surface area contributed by atoms with E-state index in [1.54, 1.807) is 0 Å². The number of halogens is 3. The maximum absolute atomic E-state index is 13.4. The van der Waals surface area contributed by atoms with Crippen LogP contribution in [0.2, 0.25) is 0 Å². The molecular formula is C10H9BrF2N2O4. The van der Waals surface area contributed by atoms with E-state index in [2.05, 4.69) is 15.9 Å². The maximum atomic E-state index is 13.4. The molecule has 0 fully saturated rings. The zero-order valence-corrected chi connectivity index (χ0v) is 10.9. The van der Waals surface area contributed by atoms with Gasteiger partial charge in [-0.3, -0.25) is 0 Å². The van der Waals surface area contributed by atoms with Crippen LogP contribution in [0.5, 0.6) is 0 Å². The molecule has 9 heteroatoms. The largest absolute Gasteiger partial charge is 0.480 e. The Kier molecular flexibility index (Phi) is 5.19. The Morgan fingerprint density at radius 2 is 2.00 bits per heavy atom. The zero-order valence-electron chi connectivity index (χ0n) is 9.28. The van der Waals surface area contributed by atoms with E-state index in [0.29, 0.717) is 6.07 Å². The number of aliphatic hydroxyl groups excluding tert-OH is 1. The molecule has 1 rings (SSSR count). The number of aliphatic carboxylic acids is 1. The number of amides is 2. The van der Waals surface area contributed by atoms with Gasteiger partial charge in [-0.25, -0.2) is 18.4 Å². The van der Waals surface area contributed by atoms with Crippen LogP contribution in [0.15, 0.2) is 16.6 Å². The molecule has 0 saturated carbocycles.